The van der Waals surface area contributed by atoms with Gasteiger partial charge in [0.2, 0.25) is 5.91 Å². The Morgan fingerprint density at radius 2 is 2.06 bits per heavy atom. The third-order valence-corrected chi connectivity index (χ3v) is 5.57. The Labute approximate surface area is 180 Å². The molecule has 1 amide bonds. The Bertz CT molecular complexity index is 1400. The second kappa shape index (κ2) is 7.13. The molecule has 0 spiro atoms. The molecule has 162 valence electrons. The number of rotatable bonds is 5. The Hall–Kier alpha value is -3.79. The van der Waals surface area contributed by atoms with Crippen molar-refractivity contribution in [2.75, 3.05) is 5.32 Å². The van der Waals surface area contributed by atoms with Gasteiger partial charge in [-0.25, -0.2) is 23.3 Å². The lowest BCUT2D eigenvalue weighted by Crippen LogP contribution is -2.18. The Balaban J connectivity index is 1.57. The number of fused-ring (bicyclic) bond motifs is 3. The van der Waals surface area contributed by atoms with Gasteiger partial charge in [0.05, 0.1) is 11.2 Å². The Morgan fingerprint density at radius 1 is 1.28 bits per heavy atom. The summed E-state index contributed by atoms with van der Waals surface area (Å²) < 4.78 is 27.9. The second-order valence-corrected chi connectivity index (χ2v) is 7.79. The number of hydrogen-bond donors (Lipinski definition) is 2. The van der Waals surface area contributed by atoms with Crippen molar-refractivity contribution < 1.29 is 18.7 Å². The molecule has 0 bridgehead atoms. The monoisotopic (exact) mass is 436 g/mol. The van der Waals surface area contributed by atoms with E-state index in [1.54, 1.807) is 29.0 Å². The molecule has 1 aliphatic rings. The summed E-state index contributed by atoms with van der Waals surface area (Å²) >= 11 is 0. The van der Waals surface area contributed by atoms with Crippen LogP contribution in [0, 0.1) is 12.8 Å². The number of halogens is 2. The first-order chi connectivity index (χ1) is 15.3. The van der Waals surface area contributed by atoms with Crippen molar-refractivity contribution in [2.24, 2.45) is 5.92 Å². The first-order valence-corrected chi connectivity index (χ1v) is 9.87. The van der Waals surface area contributed by atoms with Gasteiger partial charge in [-0.15, -0.1) is 6.58 Å². The molecule has 1 unspecified atom stereocenters. The maximum absolute atomic E-state index is 13.2. The lowest BCUT2D eigenvalue weighted by molar-refractivity contribution is -0.119. The van der Waals surface area contributed by atoms with E-state index in [4.69, 9.17) is 0 Å². The van der Waals surface area contributed by atoms with Crippen molar-refractivity contribution in [3.8, 4) is 11.1 Å². The molecule has 0 radical (unpaired) electrons. The summed E-state index contributed by atoms with van der Waals surface area (Å²) in [6.07, 6.45) is 4.70. The minimum Gasteiger partial charge on any atom is -0.383 e. The first kappa shape index (κ1) is 20.1. The maximum atomic E-state index is 13.2. The first-order valence-electron chi connectivity index (χ1n) is 9.87. The molecule has 0 aromatic carbocycles. The highest BCUT2D eigenvalue weighted by Crippen LogP contribution is 2.49. The zero-order chi connectivity index (χ0) is 22.6. The number of alkyl halides is 2. The number of carbonyl (C=O) groups is 1. The smallest absolute Gasteiger partial charge is 0.260 e. The number of aromatic nitrogens is 5. The summed E-state index contributed by atoms with van der Waals surface area (Å²) in [5.41, 5.74) is 4.09. The number of carbonyl (C=O) groups excluding carboxylic acids is 1. The van der Waals surface area contributed by atoms with Crippen molar-refractivity contribution in [3.05, 3.63) is 60.8 Å². The van der Waals surface area contributed by atoms with Crippen molar-refractivity contribution in [1.29, 1.82) is 0 Å². The predicted molar refractivity (Wildman–Crippen MR) is 113 cm³/mol. The second-order valence-electron chi connectivity index (χ2n) is 7.79. The molecular weight excluding hydrogens is 418 g/mol. The van der Waals surface area contributed by atoms with E-state index in [2.05, 4.69) is 31.9 Å². The topological polar surface area (TPSA) is 105 Å². The van der Waals surface area contributed by atoms with Crippen LogP contribution in [-0.4, -0.2) is 41.5 Å². The van der Waals surface area contributed by atoms with Gasteiger partial charge < -0.3 is 10.4 Å². The van der Waals surface area contributed by atoms with E-state index in [1.807, 2.05) is 13.0 Å². The van der Waals surface area contributed by atoms with Crippen LogP contribution in [0.5, 0.6) is 0 Å². The zero-order valence-electron chi connectivity index (χ0n) is 17.0. The lowest BCUT2D eigenvalue weighted by Gasteiger charge is -2.12. The number of anilines is 1. The van der Waals surface area contributed by atoms with E-state index in [-0.39, 0.29) is 5.82 Å². The number of aryl methyl sites for hydroxylation is 1. The molecular formula is C22H18F2N6O2. The zero-order valence-corrected chi connectivity index (χ0v) is 17.0. The van der Waals surface area contributed by atoms with Gasteiger partial charge in [0, 0.05) is 41.4 Å². The van der Waals surface area contributed by atoms with Crippen LogP contribution in [0.25, 0.3) is 27.7 Å². The molecule has 2 N–H and O–H groups in total. The third kappa shape index (κ3) is 3.28. The molecule has 1 fully saturated rings. The normalized spacial score (nSPS) is 17.9. The van der Waals surface area contributed by atoms with Crippen molar-refractivity contribution in [2.45, 2.75) is 25.4 Å². The van der Waals surface area contributed by atoms with E-state index in [0.717, 1.165) is 16.7 Å². The average Bonchev–Trinajstić information content (AvgIpc) is 3.18. The van der Waals surface area contributed by atoms with Crippen LogP contribution in [0.15, 0.2) is 49.6 Å². The molecule has 8 nitrogen and oxygen atoms in total. The van der Waals surface area contributed by atoms with Crippen LogP contribution < -0.4 is 5.32 Å². The van der Waals surface area contributed by atoms with Crippen molar-refractivity contribution in [3.63, 3.8) is 0 Å². The van der Waals surface area contributed by atoms with E-state index in [0.29, 0.717) is 22.2 Å². The Kier molecular flexibility index (Phi) is 4.48. The van der Waals surface area contributed by atoms with Gasteiger partial charge in [-0.2, -0.15) is 5.10 Å². The number of nitrogens with one attached hydrogen (secondary N) is 1. The molecule has 0 saturated heterocycles. The van der Waals surface area contributed by atoms with Crippen molar-refractivity contribution >= 4 is 28.3 Å². The standard InChI is InChI=1S/C22H18F2N6O2/c1-3-18(31)16-4-11(2)14(9-25-16)13-5-12-8-26-19(29-21(32)15-7-22(15,23)24)6-17(12)30-20(13)27-10-28-30/h3-6,8-10,15,18,31H,1,7H2,2H3,(H,26,29,32)/t15-,18?/m1/s1. The fourth-order valence-electron chi connectivity index (χ4n) is 3.69. The van der Waals surface area contributed by atoms with E-state index < -0.39 is 30.3 Å². The molecule has 4 aromatic rings. The number of amides is 1. The van der Waals surface area contributed by atoms with Gasteiger partial charge in [-0.05, 0) is 24.6 Å². The number of aliphatic hydroxyl groups is 1. The van der Waals surface area contributed by atoms with Gasteiger partial charge in [-0.1, -0.05) is 6.08 Å². The van der Waals surface area contributed by atoms with E-state index in [9.17, 15) is 18.7 Å². The highest BCUT2D eigenvalue weighted by atomic mass is 19.3. The van der Waals surface area contributed by atoms with Crippen LogP contribution in [0.3, 0.4) is 0 Å². The third-order valence-electron chi connectivity index (χ3n) is 5.57. The molecule has 4 aromatic heterocycles. The predicted octanol–water partition coefficient (Wildman–Crippen LogP) is 3.46. The molecule has 32 heavy (non-hydrogen) atoms. The van der Waals surface area contributed by atoms with Crippen LogP contribution >= 0.6 is 0 Å². The molecule has 1 aliphatic carbocycles. The van der Waals surface area contributed by atoms with Crippen LogP contribution in [0.1, 0.15) is 23.8 Å². The van der Waals surface area contributed by atoms with Crippen LogP contribution in [0.4, 0.5) is 14.6 Å². The highest BCUT2D eigenvalue weighted by molar-refractivity contribution is 5.97. The number of aliphatic hydroxyl groups excluding tert-OH is 1. The Morgan fingerprint density at radius 3 is 2.75 bits per heavy atom. The summed E-state index contributed by atoms with van der Waals surface area (Å²) in [5, 5.41) is 17.4. The summed E-state index contributed by atoms with van der Waals surface area (Å²) in [4.78, 5) is 24.9. The molecule has 1 saturated carbocycles. The number of pyridine rings is 3. The average molecular weight is 436 g/mol. The molecule has 5 rings (SSSR count). The SMILES string of the molecule is C=CC(O)c1cc(C)c(-c2cc3cnc(NC(=O)[C@H]4CC4(F)F)cc3n3ncnc23)cn1. The van der Waals surface area contributed by atoms with Gasteiger partial charge in [0.1, 0.15) is 24.2 Å². The maximum Gasteiger partial charge on any atom is 0.260 e. The summed E-state index contributed by atoms with van der Waals surface area (Å²) in [5.74, 6) is -4.85. The van der Waals surface area contributed by atoms with Gasteiger partial charge >= 0.3 is 0 Å². The van der Waals surface area contributed by atoms with Gasteiger partial charge in [0.15, 0.2) is 5.65 Å². The lowest BCUT2D eigenvalue weighted by atomic mass is 10.0. The minimum atomic E-state index is -2.95. The van der Waals surface area contributed by atoms with Gasteiger partial charge in [0.25, 0.3) is 5.92 Å². The fourth-order valence-corrected chi connectivity index (χ4v) is 3.69. The quantitative estimate of drug-likeness (QED) is 0.464. The summed E-state index contributed by atoms with van der Waals surface area (Å²) in [6, 6.07) is 5.23. The van der Waals surface area contributed by atoms with E-state index >= 15 is 0 Å². The van der Waals surface area contributed by atoms with Crippen molar-refractivity contribution in [1.82, 2.24) is 24.6 Å². The van der Waals surface area contributed by atoms with E-state index in [1.165, 1.54) is 12.4 Å². The molecule has 0 aliphatic heterocycles. The molecule has 10 heteroatoms. The summed E-state index contributed by atoms with van der Waals surface area (Å²) in [6.45, 7) is 5.48. The van der Waals surface area contributed by atoms with Crippen LogP contribution in [0.2, 0.25) is 0 Å². The molecule has 4 heterocycles. The molecule has 2 atom stereocenters. The summed E-state index contributed by atoms with van der Waals surface area (Å²) in [7, 11) is 0. The minimum absolute atomic E-state index is 0.162. The van der Waals surface area contributed by atoms with Gasteiger partial charge in [-0.3, -0.25) is 9.78 Å². The highest BCUT2D eigenvalue weighted by Gasteiger charge is 2.61. The number of hydrogen-bond acceptors (Lipinski definition) is 6. The number of nitrogens with zero attached hydrogens (tertiary/aromatic N) is 5. The van der Waals surface area contributed by atoms with Crippen LogP contribution in [-0.2, 0) is 4.79 Å². The fraction of sp³-hybridized carbons (Fsp3) is 0.227. The largest absolute Gasteiger partial charge is 0.383 e.